The molecule has 1 aromatic carbocycles. The van der Waals surface area contributed by atoms with E-state index in [1.165, 1.54) is 12.8 Å². The van der Waals surface area contributed by atoms with Gasteiger partial charge in [-0.05, 0) is 56.5 Å². The molecule has 150 valence electrons. The van der Waals surface area contributed by atoms with Crippen LogP contribution in [0.5, 0.6) is 0 Å². The van der Waals surface area contributed by atoms with E-state index in [-0.39, 0.29) is 5.91 Å². The molecule has 3 heterocycles. The minimum absolute atomic E-state index is 0.0176. The molecule has 4 rings (SSSR count). The summed E-state index contributed by atoms with van der Waals surface area (Å²) in [5.74, 6) is 0.0176. The molecule has 5 nitrogen and oxygen atoms in total. The van der Waals surface area contributed by atoms with Crippen LogP contribution in [0.2, 0.25) is 5.02 Å². The third-order valence-corrected chi connectivity index (χ3v) is 5.69. The Labute approximate surface area is 176 Å². The molecule has 2 aromatic heterocycles. The number of fused-ring (bicyclic) bond motifs is 1. The first-order valence-corrected chi connectivity index (χ1v) is 10.5. The smallest absolute Gasteiger partial charge is 0.257 e. The van der Waals surface area contributed by atoms with Gasteiger partial charge in [-0.25, -0.2) is 9.97 Å². The molecular weight excluding hydrogens is 384 g/mol. The quantitative estimate of drug-likeness (QED) is 0.607. The van der Waals surface area contributed by atoms with Crippen LogP contribution in [0, 0.1) is 13.8 Å². The number of benzene rings is 1. The van der Waals surface area contributed by atoms with Crippen LogP contribution in [0.4, 0.5) is 11.4 Å². The van der Waals surface area contributed by atoms with Gasteiger partial charge in [0.2, 0.25) is 0 Å². The minimum atomic E-state index is 0.0176. The molecule has 0 atom stereocenters. The van der Waals surface area contributed by atoms with Gasteiger partial charge in [0.25, 0.3) is 5.91 Å². The standard InChI is InChI=1S/C23H25ClN4O/c1-15-7-9-17(24)13-20(15)27-21-18-10-8-16(2)26-22(18)25-14-19(21)23(29)28-11-5-3-4-6-12-28/h7-10,13-14H,3-6,11-12H2,1-2H3,(H,25,26,27). The Kier molecular flexibility index (Phi) is 5.67. The normalized spacial score (nSPS) is 14.7. The van der Waals surface area contributed by atoms with E-state index in [4.69, 9.17) is 11.6 Å². The van der Waals surface area contributed by atoms with Crippen molar-refractivity contribution in [1.29, 1.82) is 0 Å². The lowest BCUT2D eigenvalue weighted by Gasteiger charge is -2.23. The molecule has 6 heteroatoms. The summed E-state index contributed by atoms with van der Waals surface area (Å²) in [7, 11) is 0. The summed E-state index contributed by atoms with van der Waals surface area (Å²) >= 11 is 6.22. The molecule has 1 fully saturated rings. The molecule has 1 saturated heterocycles. The molecule has 0 saturated carbocycles. The highest BCUT2D eigenvalue weighted by Crippen LogP contribution is 2.32. The molecule has 1 aliphatic heterocycles. The molecule has 0 aliphatic carbocycles. The average Bonchev–Trinajstić information content (AvgIpc) is 3.00. The fourth-order valence-electron chi connectivity index (χ4n) is 3.78. The van der Waals surface area contributed by atoms with E-state index in [0.717, 1.165) is 53.9 Å². The van der Waals surface area contributed by atoms with Crippen LogP contribution in [-0.2, 0) is 0 Å². The second-order valence-corrected chi connectivity index (χ2v) is 8.10. The van der Waals surface area contributed by atoms with Crippen molar-refractivity contribution in [3.63, 3.8) is 0 Å². The molecule has 0 unspecified atom stereocenters. The molecule has 0 spiro atoms. The zero-order valence-corrected chi connectivity index (χ0v) is 17.6. The Hall–Kier alpha value is -2.66. The third kappa shape index (κ3) is 4.20. The predicted molar refractivity (Wildman–Crippen MR) is 118 cm³/mol. The van der Waals surface area contributed by atoms with Crippen molar-refractivity contribution in [2.75, 3.05) is 18.4 Å². The number of likely N-dealkylation sites (tertiary alicyclic amines) is 1. The van der Waals surface area contributed by atoms with Crippen LogP contribution in [-0.4, -0.2) is 33.9 Å². The summed E-state index contributed by atoms with van der Waals surface area (Å²) in [4.78, 5) is 24.4. The zero-order valence-electron chi connectivity index (χ0n) is 16.8. The Morgan fingerprint density at radius 3 is 2.59 bits per heavy atom. The maximum absolute atomic E-state index is 13.4. The van der Waals surface area contributed by atoms with Gasteiger partial charge in [-0.1, -0.05) is 30.5 Å². The lowest BCUT2D eigenvalue weighted by Crippen LogP contribution is -2.32. The van der Waals surface area contributed by atoms with E-state index < -0.39 is 0 Å². The first-order chi connectivity index (χ1) is 14.0. The fraction of sp³-hybridized carbons (Fsp3) is 0.348. The molecule has 1 aliphatic rings. The summed E-state index contributed by atoms with van der Waals surface area (Å²) in [6.45, 7) is 5.53. The van der Waals surface area contributed by atoms with Crippen molar-refractivity contribution in [2.45, 2.75) is 39.5 Å². The van der Waals surface area contributed by atoms with Gasteiger partial charge in [0.15, 0.2) is 5.65 Å². The van der Waals surface area contributed by atoms with E-state index in [2.05, 4.69) is 15.3 Å². The number of anilines is 2. The number of amides is 1. The number of nitrogens with zero attached hydrogens (tertiary/aromatic N) is 3. The van der Waals surface area contributed by atoms with Crippen molar-refractivity contribution in [3.8, 4) is 0 Å². The van der Waals surface area contributed by atoms with Gasteiger partial charge in [-0.15, -0.1) is 0 Å². The molecule has 1 amide bonds. The Balaban J connectivity index is 1.83. The number of aromatic nitrogens is 2. The third-order valence-electron chi connectivity index (χ3n) is 5.45. The largest absolute Gasteiger partial charge is 0.354 e. The highest BCUT2D eigenvalue weighted by atomic mass is 35.5. The number of aryl methyl sites for hydroxylation is 2. The summed E-state index contributed by atoms with van der Waals surface area (Å²) < 4.78 is 0. The number of carbonyl (C=O) groups is 1. The predicted octanol–water partition coefficient (Wildman–Crippen LogP) is 5.66. The number of pyridine rings is 2. The van der Waals surface area contributed by atoms with Crippen LogP contribution in [0.15, 0.2) is 36.5 Å². The highest BCUT2D eigenvalue weighted by molar-refractivity contribution is 6.31. The molecule has 3 aromatic rings. The number of hydrogen-bond acceptors (Lipinski definition) is 4. The second-order valence-electron chi connectivity index (χ2n) is 7.66. The Morgan fingerprint density at radius 2 is 1.83 bits per heavy atom. The van der Waals surface area contributed by atoms with E-state index in [9.17, 15) is 4.79 Å². The van der Waals surface area contributed by atoms with Crippen molar-refractivity contribution in [2.24, 2.45) is 0 Å². The maximum atomic E-state index is 13.4. The van der Waals surface area contributed by atoms with Crippen LogP contribution < -0.4 is 5.32 Å². The molecule has 0 bridgehead atoms. The van der Waals surface area contributed by atoms with Gasteiger partial charge in [-0.3, -0.25) is 4.79 Å². The van der Waals surface area contributed by atoms with Gasteiger partial charge >= 0.3 is 0 Å². The molecule has 0 radical (unpaired) electrons. The number of nitrogens with one attached hydrogen (secondary N) is 1. The van der Waals surface area contributed by atoms with E-state index in [1.54, 1.807) is 6.20 Å². The number of carbonyl (C=O) groups excluding carboxylic acids is 1. The van der Waals surface area contributed by atoms with Gasteiger partial charge in [0, 0.05) is 41.1 Å². The van der Waals surface area contributed by atoms with Gasteiger partial charge in [0.1, 0.15) is 0 Å². The van der Waals surface area contributed by atoms with E-state index >= 15 is 0 Å². The maximum Gasteiger partial charge on any atom is 0.257 e. The first kappa shape index (κ1) is 19.6. The van der Waals surface area contributed by atoms with Crippen LogP contribution >= 0.6 is 11.6 Å². The van der Waals surface area contributed by atoms with Crippen molar-refractivity contribution < 1.29 is 4.79 Å². The second kappa shape index (κ2) is 8.37. The van der Waals surface area contributed by atoms with Crippen LogP contribution in [0.3, 0.4) is 0 Å². The summed E-state index contributed by atoms with van der Waals surface area (Å²) in [5, 5.41) is 4.94. The van der Waals surface area contributed by atoms with Crippen LogP contribution in [0.25, 0.3) is 11.0 Å². The van der Waals surface area contributed by atoms with Gasteiger partial charge in [0.05, 0.1) is 11.3 Å². The Morgan fingerprint density at radius 1 is 1.07 bits per heavy atom. The number of halogens is 1. The topological polar surface area (TPSA) is 58.1 Å². The highest BCUT2D eigenvalue weighted by Gasteiger charge is 2.23. The Bertz CT molecular complexity index is 1060. The first-order valence-electron chi connectivity index (χ1n) is 10.1. The van der Waals surface area contributed by atoms with E-state index in [0.29, 0.717) is 16.2 Å². The van der Waals surface area contributed by atoms with Crippen molar-refractivity contribution in [1.82, 2.24) is 14.9 Å². The zero-order chi connectivity index (χ0) is 20.4. The summed E-state index contributed by atoms with van der Waals surface area (Å²) in [6, 6.07) is 9.63. The lowest BCUT2D eigenvalue weighted by molar-refractivity contribution is 0.0762. The average molecular weight is 409 g/mol. The fourth-order valence-corrected chi connectivity index (χ4v) is 3.95. The monoisotopic (exact) mass is 408 g/mol. The van der Waals surface area contributed by atoms with Gasteiger partial charge < -0.3 is 10.2 Å². The SMILES string of the molecule is Cc1ccc2c(Nc3cc(Cl)ccc3C)c(C(=O)N3CCCCCC3)cnc2n1. The van der Waals surface area contributed by atoms with E-state index in [1.807, 2.05) is 49.1 Å². The molecular formula is C23H25ClN4O. The van der Waals surface area contributed by atoms with Gasteiger partial charge in [-0.2, -0.15) is 0 Å². The number of hydrogen-bond donors (Lipinski definition) is 1. The van der Waals surface area contributed by atoms with Crippen molar-refractivity contribution in [3.05, 3.63) is 58.4 Å². The summed E-state index contributed by atoms with van der Waals surface area (Å²) in [6.07, 6.45) is 6.10. The van der Waals surface area contributed by atoms with Crippen LogP contribution in [0.1, 0.15) is 47.3 Å². The molecule has 29 heavy (non-hydrogen) atoms. The lowest BCUT2D eigenvalue weighted by atomic mass is 10.1. The van der Waals surface area contributed by atoms with Crippen molar-refractivity contribution >= 4 is 39.9 Å². The summed E-state index contributed by atoms with van der Waals surface area (Å²) in [5.41, 5.74) is 4.75. The minimum Gasteiger partial charge on any atom is -0.354 e. The number of rotatable bonds is 3. The molecule has 1 N–H and O–H groups in total.